The topological polar surface area (TPSA) is 17.1 Å². The highest BCUT2D eigenvalue weighted by Gasteiger charge is 2.54. The Labute approximate surface area is 126 Å². The zero-order chi connectivity index (χ0) is 14.7. The second-order valence-corrected chi connectivity index (χ2v) is 6.86. The Morgan fingerprint density at radius 2 is 1.57 bits per heavy atom. The largest absolute Gasteiger partial charge is 0.294 e. The summed E-state index contributed by atoms with van der Waals surface area (Å²) in [6.07, 6.45) is 2.81. The summed E-state index contributed by atoms with van der Waals surface area (Å²) in [5, 5.41) is 0. The van der Waals surface area contributed by atoms with Gasteiger partial charge in [0.1, 0.15) is 0 Å². The van der Waals surface area contributed by atoms with Gasteiger partial charge in [0, 0.05) is 17.4 Å². The molecule has 1 nitrogen and oxygen atoms in total. The minimum atomic E-state index is -0.0883. The molecule has 0 aromatic heterocycles. The molecule has 0 saturated carbocycles. The molecule has 1 unspecified atom stereocenters. The van der Waals surface area contributed by atoms with Gasteiger partial charge in [-0.3, -0.25) is 4.79 Å². The molecular formula is C20H20O. The van der Waals surface area contributed by atoms with Crippen molar-refractivity contribution in [2.24, 2.45) is 0 Å². The smallest absolute Gasteiger partial charge is 0.164 e. The summed E-state index contributed by atoms with van der Waals surface area (Å²) in [4.78, 5) is 12.5. The summed E-state index contributed by atoms with van der Waals surface area (Å²) in [7, 11) is 0. The van der Waals surface area contributed by atoms with E-state index in [1.807, 2.05) is 12.1 Å². The van der Waals surface area contributed by atoms with E-state index in [1.165, 1.54) is 16.7 Å². The molecule has 1 heteroatoms. The lowest BCUT2D eigenvalue weighted by atomic mass is 9.73. The SMILES string of the molecule is CCC1(C)C[C@@]2(CC(=O)c3ccccc32)c2ccccc21. The van der Waals surface area contributed by atoms with Crippen LogP contribution in [0.2, 0.25) is 0 Å². The fourth-order valence-electron chi connectivity index (χ4n) is 4.60. The molecule has 0 fully saturated rings. The van der Waals surface area contributed by atoms with Crippen LogP contribution in [0.25, 0.3) is 0 Å². The van der Waals surface area contributed by atoms with Gasteiger partial charge in [-0.15, -0.1) is 0 Å². The third-order valence-electron chi connectivity index (χ3n) is 5.77. The Bertz CT molecular complexity index is 745. The summed E-state index contributed by atoms with van der Waals surface area (Å²) in [6, 6.07) is 17.0. The molecule has 0 bridgehead atoms. The van der Waals surface area contributed by atoms with E-state index in [1.54, 1.807) is 0 Å². The number of carbonyl (C=O) groups is 1. The standard InChI is InChI=1S/C20H20O/c1-3-19(2)13-20(17-11-7-6-10-16(17)19)12-18(21)14-8-4-5-9-15(14)20/h4-11H,3,12-13H2,1-2H3/t19?,20-/m1/s1. The second kappa shape index (κ2) is 4.07. The molecule has 0 N–H and O–H groups in total. The summed E-state index contributed by atoms with van der Waals surface area (Å²) in [5.74, 6) is 0.306. The highest BCUT2D eigenvalue weighted by Crippen LogP contribution is 2.59. The number of Topliss-reactive ketones (excluding diaryl/α,β-unsaturated/α-hetero) is 1. The lowest BCUT2D eigenvalue weighted by molar-refractivity contribution is 0.0977. The van der Waals surface area contributed by atoms with Crippen molar-refractivity contribution in [2.75, 3.05) is 0 Å². The maximum absolute atomic E-state index is 12.5. The van der Waals surface area contributed by atoms with E-state index in [-0.39, 0.29) is 10.8 Å². The van der Waals surface area contributed by atoms with Gasteiger partial charge in [0.25, 0.3) is 0 Å². The molecule has 21 heavy (non-hydrogen) atoms. The van der Waals surface area contributed by atoms with Crippen molar-refractivity contribution >= 4 is 5.78 Å². The number of hydrogen-bond donors (Lipinski definition) is 0. The van der Waals surface area contributed by atoms with Crippen LogP contribution >= 0.6 is 0 Å². The molecular weight excluding hydrogens is 256 g/mol. The zero-order valence-electron chi connectivity index (χ0n) is 12.6. The molecule has 106 valence electrons. The first-order valence-corrected chi connectivity index (χ1v) is 7.83. The zero-order valence-corrected chi connectivity index (χ0v) is 12.6. The van der Waals surface area contributed by atoms with E-state index >= 15 is 0 Å². The van der Waals surface area contributed by atoms with Crippen molar-refractivity contribution < 1.29 is 4.79 Å². The fourth-order valence-corrected chi connectivity index (χ4v) is 4.60. The van der Waals surface area contributed by atoms with E-state index in [4.69, 9.17) is 0 Å². The third-order valence-corrected chi connectivity index (χ3v) is 5.77. The van der Waals surface area contributed by atoms with Gasteiger partial charge in [0.05, 0.1) is 0 Å². The van der Waals surface area contributed by atoms with Gasteiger partial charge in [0.15, 0.2) is 5.78 Å². The van der Waals surface area contributed by atoms with Crippen molar-refractivity contribution in [2.45, 2.75) is 43.9 Å². The lowest BCUT2D eigenvalue weighted by Crippen LogP contribution is -2.26. The number of hydrogen-bond acceptors (Lipinski definition) is 1. The monoisotopic (exact) mass is 276 g/mol. The van der Waals surface area contributed by atoms with E-state index in [0.717, 1.165) is 18.4 Å². The number of rotatable bonds is 1. The van der Waals surface area contributed by atoms with Crippen LogP contribution in [0.5, 0.6) is 0 Å². The predicted octanol–water partition coefficient (Wildman–Crippen LogP) is 4.63. The van der Waals surface area contributed by atoms with Crippen molar-refractivity contribution in [3.8, 4) is 0 Å². The fraction of sp³-hybridized carbons (Fsp3) is 0.350. The third kappa shape index (κ3) is 1.49. The molecule has 0 aliphatic heterocycles. The Morgan fingerprint density at radius 1 is 0.952 bits per heavy atom. The highest BCUT2D eigenvalue weighted by atomic mass is 16.1. The van der Waals surface area contributed by atoms with Gasteiger partial charge in [-0.1, -0.05) is 62.4 Å². The van der Waals surface area contributed by atoms with Crippen molar-refractivity contribution in [3.63, 3.8) is 0 Å². The van der Waals surface area contributed by atoms with Gasteiger partial charge >= 0.3 is 0 Å². The molecule has 2 aliphatic rings. The molecule has 2 aromatic carbocycles. The van der Waals surface area contributed by atoms with Crippen LogP contribution in [0.4, 0.5) is 0 Å². The summed E-state index contributed by atoms with van der Waals surface area (Å²) >= 11 is 0. The second-order valence-electron chi connectivity index (χ2n) is 6.86. The van der Waals surface area contributed by atoms with Crippen LogP contribution in [-0.2, 0) is 10.8 Å². The maximum atomic E-state index is 12.5. The molecule has 2 aliphatic carbocycles. The Kier molecular flexibility index (Phi) is 2.48. The maximum Gasteiger partial charge on any atom is 0.164 e. The summed E-state index contributed by atoms with van der Waals surface area (Å²) in [6.45, 7) is 4.62. The van der Waals surface area contributed by atoms with E-state index < -0.39 is 0 Å². The molecule has 0 saturated heterocycles. The number of benzene rings is 2. The minimum absolute atomic E-state index is 0.0883. The van der Waals surface area contributed by atoms with E-state index in [2.05, 4.69) is 50.2 Å². The average molecular weight is 276 g/mol. The van der Waals surface area contributed by atoms with Gasteiger partial charge < -0.3 is 0 Å². The first-order valence-electron chi connectivity index (χ1n) is 7.83. The van der Waals surface area contributed by atoms with Crippen molar-refractivity contribution in [3.05, 3.63) is 70.8 Å². The Morgan fingerprint density at radius 3 is 2.29 bits per heavy atom. The van der Waals surface area contributed by atoms with Crippen LogP contribution in [0, 0.1) is 0 Å². The normalized spacial score (nSPS) is 29.7. The van der Waals surface area contributed by atoms with E-state index in [0.29, 0.717) is 12.2 Å². The molecule has 0 radical (unpaired) electrons. The molecule has 1 spiro atoms. The molecule has 0 amide bonds. The highest BCUT2D eigenvalue weighted by molar-refractivity contribution is 6.03. The van der Waals surface area contributed by atoms with Gasteiger partial charge in [-0.25, -0.2) is 0 Å². The van der Waals surface area contributed by atoms with Gasteiger partial charge in [-0.05, 0) is 34.9 Å². The van der Waals surface area contributed by atoms with Crippen LogP contribution in [0.1, 0.15) is 60.2 Å². The minimum Gasteiger partial charge on any atom is -0.294 e. The summed E-state index contributed by atoms with van der Waals surface area (Å²) in [5.41, 5.74) is 5.10. The average Bonchev–Trinajstić information content (AvgIpc) is 2.95. The van der Waals surface area contributed by atoms with Crippen LogP contribution < -0.4 is 0 Å². The van der Waals surface area contributed by atoms with Crippen LogP contribution in [-0.4, -0.2) is 5.78 Å². The Hall–Kier alpha value is -1.89. The molecule has 2 aromatic rings. The number of carbonyl (C=O) groups excluding carboxylic acids is 1. The molecule has 0 heterocycles. The Balaban J connectivity index is 2.02. The van der Waals surface area contributed by atoms with Crippen molar-refractivity contribution in [1.82, 2.24) is 0 Å². The van der Waals surface area contributed by atoms with Gasteiger partial charge in [-0.2, -0.15) is 0 Å². The first kappa shape index (κ1) is 12.8. The van der Waals surface area contributed by atoms with Crippen LogP contribution in [0.3, 0.4) is 0 Å². The predicted molar refractivity (Wildman–Crippen MR) is 84.9 cm³/mol. The molecule has 4 rings (SSSR count). The van der Waals surface area contributed by atoms with Crippen molar-refractivity contribution in [1.29, 1.82) is 0 Å². The van der Waals surface area contributed by atoms with Gasteiger partial charge in [0.2, 0.25) is 0 Å². The van der Waals surface area contributed by atoms with Crippen LogP contribution in [0.15, 0.2) is 48.5 Å². The first-order chi connectivity index (χ1) is 10.1. The number of ketones is 1. The quantitative estimate of drug-likeness (QED) is 0.742. The lowest BCUT2D eigenvalue weighted by Gasteiger charge is -2.29. The van der Waals surface area contributed by atoms with E-state index in [9.17, 15) is 4.79 Å². The number of fused-ring (bicyclic) bond motifs is 4. The molecule has 2 atom stereocenters. The summed E-state index contributed by atoms with van der Waals surface area (Å²) < 4.78 is 0.